The van der Waals surface area contributed by atoms with Gasteiger partial charge < -0.3 is 15.2 Å². The van der Waals surface area contributed by atoms with Crippen LogP contribution in [0.2, 0.25) is 0 Å². The lowest BCUT2D eigenvalue weighted by Gasteiger charge is -2.26. The Morgan fingerprint density at radius 1 is 1.48 bits per heavy atom. The summed E-state index contributed by atoms with van der Waals surface area (Å²) in [6.45, 7) is 3.88. The van der Waals surface area contributed by atoms with E-state index in [1.54, 1.807) is 11.3 Å². The lowest BCUT2D eigenvalue weighted by Crippen LogP contribution is -2.45. The average molecular weight is 304 g/mol. The summed E-state index contributed by atoms with van der Waals surface area (Å²) >= 11 is 1.70. The van der Waals surface area contributed by atoms with Crippen LogP contribution in [0.25, 0.3) is 10.2 Å². The summed E-state index contributed by atoms with van der Waals surface area (Å²) < 4.78 is 0. The monoisotopic (exact) mass is 304 g/mol. The zero-order chi connectivity index (χ0) is 15.0. The Kier molecular flexibility index (Phi) is 3.80. The molecule has 0 radical (unpaired) electrons. The molecule has 2 aromatic rings. The Bertz CT molecular complexity index is 683. The molecule has 1 aliphatic rings. The normalized spacial score (nSPS) is 16.7. The number of carbonyl (C=O) groups is 1. The van der Waals surface area contributed by atoms with E-state index in [0.717, 1.165) is 35.9 Å². The molecule has 1 aliphatic carbocycles. The topological polar surface area (TPSA) is 77.9 Å². The Morgan fingerprint density at radius 2 is 2.29 bits per heavy atom. The van der Waals surface area contributed by atoms with E-state index >= 15 is 0 Å². The number of nitrogens with zero attached hydrogens (tertiary/aromatic N) is 2. The van der Waals surface area contributed by atoms with Crippen molar-refractivity contribution in [2.24, 2.45) is 5.92 Å². The zero-order valence-electron chi connectivity index (χ0n) is 12.2. The van der Waals surface area contributed by atoms with Gasteiger partial charge in [-0.05, 0) is 30.7 Å². The molecule has 0 fully saturated rings. The number of anilines is 1. The van der Waals surface area contributed by atoms with Gasteiger partial charge in [-0.25, -0.2) is 9.97 Å². The molecular weight excluding hydrogens is 286 g/mol. The van der Waals surface area contributed by atoms with Gasteiger partial charge >= 0.3 is 0 Å². The first-order valence-corrected chi connectivity index (χ1v) is 8.16. The fourth-order valence-corrected chi connectivity index (χ4v) is 4.08. The van der Waals surface area contributed by atoms with Crippen molar-refractivity contribution in [2.75, 3.05) is 5.32 Å². The number of aliphatic carboxylic acids is 1. The van der Waals surface area contributed by atoms with Crippen LogP contribution in [-0.2, 0) is 17.6 Å². The third-order valence-electron chi connectivity index (χ3n) is 4.26. The van der Waals surface area contributed by atoms with Crippen molar-refractivity contribution in [1.82, 2.24) is 9.97 Å². The number of carboxylic acids is 1. The highest BCUT2D eigenvalue weighted by atomic mass is 32.1. The second kappa shape index (κ2) is 5.60. The van der Waals surface area contributed by atoms with Gasteiger partial charge in [0.15, 0.2) is 0 Å². The number of hydrogen-bond acceptors (Lipinski definition) is 6. The van der Waals surface area contributed by atoms with Gasteiger partial charge in [-0.3, -0.25) is 0 Å². The molecule has 3 rings (SSSR count). The van der Waals surface area contributed by atoms with Crippen LogP contribution in [0.15, 0.2) is 6.33 Å². The molecule has 112 valence electrons. The molecule has 21 heavy (non-hydrogen) atoms. The molecule has 2 heterocycles. The number of carboxylic acid groups (broad SMARTS) is 1. The number of rotatable bonds is 5. The number of carbonyl (C=O) groups excluding carboxylic acids is 1. The summed E-state index contributed by atoms with van der Waals surface area (Å²) in [4.78, 5) is 22.3. The van der Waals surface area contributed by atoms with Gasteiger partial charge in [-0.1, -0.05) is 20.3 Å². The molecule has 0 saturated heterocycles. The minimum Gasteiger partial charge on any atom is -0.548 e. The minimum absolute atomic E-state index is 0.0216. The molecule has 0 spiro atoms. The highest BCUT2D eigenvalue weighted by Gasteiger charge is 2.24. The summed E-state index contributed by atoms with van der Waals surface area (Å²) in [6, 6.07) is -0.731. The lowest BCUT2D eigenvalue weighted by molar-refractivity contribution is -0.307. The molecule has 1 N–H and O–H groups in total. The quantitative estimate of drug-likeness (QED) is 0.910. The number of aromatic nitrogens is 2. The second-order valence-electron chi connectivity index (χ2n) is 5.59. The predicted molar refractivity (Wildman–Crippen MR) is 81.3 cm³/mol. The fourth-order valence-electron chi connectivity index (χ4n) is 2.85. The highest BCUT2D eigenvalue weighted by Crippen LogP contribution is 2.39. The average Bonchev–Trinajstić information content (AvgIpc) is 3.03. The van der Waals surface area contributed by atoms with Crippen LogP contribution in [-0.4, -0.2) is 22.0 Å². The van der Waals surface area contributed by atoms with Crippen LogP contribution in [0.5, 0.6) is 0 Å². The highest BCUT2D eigenvalue weighted by molar-refractivity contribution is 7.19. The van der Waals surface area contributed by atoms with Crippen LogP contribution < -0.4 is 10.4 Å². The lowest BCUT2D eigenvalue weighted by atomic mass is 9.99. The molecular formula is C15H18N3O2S-. The fraction of sp³-hybridized carbons (Fsp3) is 0.533. The van der Waals surface area contributed by atoms with Crippen molar-refractivity contribution in [3.8, 4) is 0 Å². The van der Waals surface area contributed by atoms with Crippen LogP contribution in [0.4, 0.5) is 5.82 Å². The Morgan fingerprint density at radius 3 is 3.00 bits per heavy atom. The number of aryl methyl sites for hydroxylation is 2. The largest absolute Gasteiger partial charge is 0.548 e. The Balaban J connectivity index is 2.02. The number of fused-ring (bicyclic) bond motifs is 3. The second-order valence-corrected chi connectivity index (χ2v) is 6.67. The van der Waals surface area contributed by atoms with Crippen molar-refractivity contribution < 1.29 is 9.90 Å². The van der Waals surface area contributed by atoms with E-state index in [2.05, 4.69) is 15.3 Å². The third-order valence-corrected chi connectivity index (χ3v) is 5.46. The first-order valence-electron chi connectivity index (χ1n) is 7.34. The minimum atomic E-state index is -1.08. The van der Waals surface area contributed by atoms with Crippen LogP contribution in [0.3, 0.4) is 0 Å². The van der Waals surface area contributed by atoms with Gasteiger partial charge in [0.1, 0.15) is 17.0 Å². The Hall–Kier alpha value is -1.69. The van der Waals surface area contributed by atoms with Crippen LogP contribution in [0.1, 0.15) is 37.1 Å². The maximum Gasteiger partial charge on any atom is 0.138 e. The van der Waals surface area contributed by atoms with E-state index in [1.807, 2.05) is 13.8 Å². The molecule has 0 unspecified atom stereocenters. The Labute approximate surface area is 127 Å². The van der Waals surface area contributed by atoms with Crippen molar-refractivity contribution in [3.05, 3.63) is 16.8 Å². The summed E-state index contributed by atoms with van der Waals surface area (Å²) in [5.74, 6) is -0.469. The molecule has 0 aliphatic heterocycles. The van der Waals surface area contributed by atoms with E-state index in [9.17, 15) is 9.90 Å². The van der Waals surface area contributed by atoms with E-state index in [-0.39, 0.29) is 5.92 Å². The zero-order valence-corrected chi connectivity index (χ0v) is 13.0. The van der Waals surface area contributed by atoms with Crippen molar-refractivity contribution in [3.63, 3.8) is 0 Å². The number of nitrogens with one attached hydrogen (secondary N) is 1. The molecule has 0 aromatic carbocycles. The molecule has 2 aromatic heterocycles. The van der Waals surface area contributed by atoms with Crippen molar-refractivity contribution >= 4 is 33.3 Å². The SMILES string of the molecule is CC[C@@H](C)[C@H](Nc1ncnc2sc3c(c12)CCC3)C(=O)[O-]. The standard InChI is InChI=1S/C15H19N3O2S/c1-3-8(2)12(15(19)20)18-13-11-9-5-4-6-10(9)21-14(11)17-7-16-13/h7-8,12H,3-6H2,1-2H3,(H,19,20)(H,16,17,18)/p-1/t8-,12+/m1/s1. The van der Waals surface area contributed by atoms with Gasteiger partial charge in [0.2, 0.25) is 0 Å². The molecule has 5 nitrogen and oxygen atoms in total. The first-order chi connectivity index (χ1) is 10.1. The van der Waals surface area contributed by atoms with Gasteiger partial charge in [0, 0.05) is 4.88 Å². The van der Waals surface area contributed by atoms with Gasteiger partial charge in [0.25, 0.3) is 0 Å². The van der Waals surface area contributed by atoms with E-state index in [0.29, 0.717) is 5.82 Å². The predicted octanol–water partition coefficient (Wildman–Crippen LogP) is 1.76. The van der Waals surface area contributed by atoms with Crippen molar-refractivity contribution in [2.45, 2.75) is 45.6 Å². The molecule has 0 amide bonds. The molecule has 0 bridgehead atoms. The van der Waals surface area contributed by atoms with Crippen LogP contribution >= 0.6 is 11.3 Å². The van der Waals surface area contributed by atoms with Crippen molar-refractivity contribution in [1.29, 1.82) is 0 Å². The summed E-state index contributed by atoms with van der Waals surface area (Å²) in [5, 5.41) is 15.5. The summed E-state index contributed by atoms with van der Waals surface area (Å²) in [6.07, 6.45) is 5.53. The smallest absolute Gasteiger partial charge is 0.138 e. The van der Waals surface area contributed by atoms with Gasteiger partial charge in [-0.15, -0.1) is 11.3 Å². The molecule has 6 heteroatoms. The summed E-state index contributed by atoms with van der Waals surface area (Å²) in [5.41, 5.74) is 1.29. The number of thiophene rings is 1. The van der Waals surface area contributed by atoms with E-state index < -0.39 is 12.0 Å². The third kappa shape index (κ3) is 2.48. The van der Waals surface area contributed by atoms with Crippen LogP contribution in [0, 0.1) is 5.92 Å². The molecule has 0 saturated carbocycles. The number of hydrogen-bond donors (Lipinski definition) is 1. The summed E-state index contributed by atoms with van der Waals surface area (Å²) in [7, 11) is 0. The van der Waals surface area contributed by atoms with Gasteiger partial charge in [0.05, 0.1) is 17.4 Å². The first kappa shape index (κ1) is 14.3. The van der Waals surface area contributed by atoms with E-state index in [1.165, 1.54) is 16.8 Å². The van der Waals surface area contributed by atoms with E-state index in [4.69, 9.17) is 0 Å². The maximum atomic E-state index is 11.4. The molecule has 2 atom stereocenters. The van der Waals surface area contributed by atoms with Gasteiger partial charge in [-0.2, -0.15) is 0 Å². The maximum absolute atomic E-state index is 11.4.